The van der Waals surface area contributed by atoms with Crippen molar-refractivity contribution in [2.24, 2.45) is 0 Å². The number of carbonyl (C=O) groups is 1. The third-order valence-corrected chi connectivity index (χ3v) is 4.09. The molecule has 0 saturated heterocycles. The first kappa shape index (κ1) is 14.2. The molecule has 0 radical (unpaired) electrons. The molecule has 0 bridgehead atoms. The van der Waals surface area contributed by atoms with Gasteiger partial charge in [-0.1, -0.05) is 15.9 Å². The number of aromatic nitrogens is 2. The van der Waals surface area contributed by atoms with Gasteiger partial charge in [0.15, 0.2) is 5.82 Å². The van der Waals surface area contributed by atoms with E-state index in [0.717, 1.165) is 17.7 Å². The highest BCUT2D eigenvalue weighted by atomic mass is 79.9. The lowest BCUT2D eigenvalue weighted by atomic mass is 10.1. The van der Waals surface area contributed by atoms with Gasteiger partial charge in [0.25, 0.3) is 0 Å². The number of amides is 1. The van der Waals surface area contributed by atoms with Crippen LogP contribution in [0.15, 0.2) is 22.7 Å². The maximum atomic E-state index is 13.2. The van der Waals surface area contributed by atoms with Gasteiger partial charge in [-0.05, 0) is 23.8 Å². The van der Waals surface area contributed by atoms with E-state index in [1.807, 2.05) is 0 Å². The topological polar surface area (TPSA) is 67.0 Å². The second-order valence-corrected chi connectivity index (χ2v) is 5.65. The van der Waals surface area contributed by atoms with Crippen molar-refractivity contribution >= 4 is 27.7 Å². The Morgan fingerprint density at radius 2 is 2.38 bits per heavy atom. The maximum Gasteiger partial charge on any atom is 0.230 e. The molecule has 0 aliphatic carbocycles. The second-order valence-electron chi connectivity index (χ2n) is 4.79. The second kappa shape index (κ2) is 5.95. The highest BCUT2D eigenvalue weighted by Gasteiger charge is 2.19. The number of fused-ring (bicyclic) bond motifs is 1. The summed E-state index contributed by atoms with van der Waals surface area (Å²) in [5.41, 5.74) is 2.46. The molecule has 2 N–H and O–H groups in total. The van der Waals surface area contributed by atoms with Gasteiger partial charge in [-0.25, -0.2) is 4.39 Å². The molecule has 2 heterocycles. The average Bonchev–Trinajstić information content (AvgIpc) is 2.86. The highest BCUT2D eigenvalue weighted by molar-refractivity contribution is 9.10. The van der Waals surface area contributed by atoms with Crippen molar-refractivity contribution in [2.45, 2.75) is 19.4 Å². The lowest BCUT2D eigenvalue weighted by Crippen LogP contribution is -2.17. The standard InChI is InChI=1S/C14H13BrFN3O2/c15-11-2-1-9(16)5-8(11)6-13(20)17-14-10-7-21-4-3-12(10)18-19-14/h1-2,5H,3-4,6-7H2,(H2,17,18,19,20). The summed E-state index contributed by atoms with van der Waals surface area (Å²) in [6.07, 6.45) is 0.828. The van der Waals surface area contributed by atoms with Crippen molar-refractivity contribution in [3.63, 3.8) is 0 Å². The number of benzene rings is 1. The van der Waals surface area contributed by atoms with Gasteiger partial charge in [-0.3, -0.25) is 9.89 Å². The summed E-state index contributed by atoms with van der Waals surface area (Å²) < 4.78 is 19.3. The van der Waals surface area contributed by atoms with Crippen LogP contribution in [0.5, 0.6) is 0 Å². The van der Waals surface area contributed by atoms with E-state index in [0.29, 0.717) is 29.1 Å². The molecular weight excluding hydrogens is 341 g/mol. The summed E-state index contributed by atoms with van der Waals surface area (Å²) in [6, 6.07) is 4.27. The van der Waals surface area contributed by atoms with E-state index < -0.39 is 0 Å². The molecule has 1 aromatic carbocycles. The molecule has 1 aliphatic rings. The molecule has 3 rings (SSSR count). The van der Waals surface area contributed by atoms with Crippen LogP contribution >= 0.6 is 15.9 Å². The Morgan fingerprint density at radius 1 is 1.52 bits per heavy atom. The van der Waals surface area contributed by atoms with Gasteiger partial charge < -0.3 is 10.1 Å². The van der Waals surface area contributed by atoms with Crippen molar-refractivity contribution in [3.8, 4) is 0 Å². The molecule has 1 amide bonds. The normalized spacial score (nSPS) is 13.8. The third-order valence-electron chi connectivity index (χ3n) is 3.31. The van der Waals surface area contributed by atoms with Crippen molar-refractivity contribution in [3.05, 3.63) is 45.3 Å². The Kier molecular flexibility index (Phi) is 4.03. The number of H-pyrrole nitrogens is 1. The lowest BCUT2D eigenvalue weighted by molar-refractivity contribution is -0.115. The Bertz CT molecular complexity index is 687. The number of hydrogen-bond donors (Lipinski definition) is 2. The van der Waals surface area contributed by atoms with E-state index in [1.165, 1.54) is 12.1 Å². The minimum atomic E-state index is -0.369. The van der Waals surface area contributed by atoms with Gasteiger partial charge in [-0.2, -0.15) is 5.10 Å². The number of halogens is 2. The van der Waals surface area contributed by atoms with Gasteiger partial charge in [0.1, 0.15) is 5.82 Å². The fraction of sp³-hybridized carbons (Fsp3) is 0.286. The van der Waals surface area contributed by atoms with E-state index in [-0.39, 0.29) is 18.1 Å². The number of hydrogen-bond acceptors (Lipinski definition) is 3. The number of nitrogens with one attached hydrogen (secondary N) is 2. The summed E-state index contributed by atoms with van der Waals surface area (Å²) in [6.45, 7) is 1.09. The summed E-state index contributed by atoms with van der Waals surface area (Å²) in [4.78, 5) is 12.1. The van der Waals surface area contributed by atoms with Crippen LogP contribution in [0.4, 0.5) is 10.2 Å². The molecule has 0 saturated carbocycles. The van der Waals surface area contributed by atoms with Crippen LogP contribution in [0.1, 0.15) is 16.8 Å². The first-order valence-electron chi connectivity index (χ1n) is 6.51. The molecule has 0 fully saturated rings. The molecule has 21 heavy (non-hydrogen) atoms. The first-order chi connectivity index (χ1) is 10.1. The summed E-state index contributed by atoms with van der Waals surface area (Å²) >= 11 is 3.31. The number of anilines is 1. The minimum absolute atomic E-state index is 0.0703. The van der Waals surface area contributed by atoms with Crippen LogP contribution in [0.3, 0.4) is 0 Å². The van der Waals surface area contributed by atoms with Gasteiger partial charge in [-0.15, -0.1) is 0 Å². The fourth-order valence-electron chi connectivity index (χ4n) is 2.24. The largest absolute Gasteiger partial charge is 0.376 e. The number of nitrogens with zero attached hydrogens (tertiary/aromatic N) is 1. The highest BCUT2D eigenvalue weighted by Crippen LogP contribution is 2.23. The molecule has 0 unspecified atom stereocenters. The molecule has 5 nitrogen and oxygen atoms in total. The molecular formula is C14H13BrFN3O2. The molecule has 1 aromatic heterocycles. The Hall–Kier alpha value is -1.73. The third kappa shape index (κ3) is 3.14. The van der Waals surface area contributed by atoms with Crippen LogP contribution in [0.25, 0.3) is 0 Å². The predicted molar refractivity (Wildman–Crippen MR) is 78.4 cm³/mol. The predicted octanol–water partition coefficient (Wildman–Crippen LogP) is 2.57. The quantitative estimate of drug-likeness (QED) is 0.890. The summed E-state index contributed by atoms with van der Waals surface area (Å²) in [5, 5.41) is 9.74. The van der Waals surface area contributed by atoms with Crippen LogP contribution in [0.2, 0.25) is 0 Å². The van der Waals surface area contributed by atoms with E-state index in [9.17, 15) is 9.18 Å². The monoisotopic (exact) mass is 353 g/mol. The Balaban J connectivity index is 1.72. The Morgan fingerprint density at radius 3 is 3.24 bits per heavy atom. The van der Waals surface area contributed by atoms with Crippen molar-refractivity contribution < 1.29 is 13.9 Å². The van der Waals surface area contributed by atoms with E-state index in [4.69, 9.17) is 4.74 Å². The summed E-state index contributed by atoms with van der Waals surface area (Å²) in [5.74, 6) is -0.130. The zero-order valence-electron chi connectivity index (χ0n) is 11.1. The number of rotatable bonds is 3. The van der Waals surface area contributed by atoms with Crippen LogP contribution in [-0.2, 0) is 29.0 Å². The minimum Gasteiger partial charge on any atom is -0.376 e. The van der Waals surface area contributed by atoms with Crippen LogP contribution in [0, 0.1) is 5.82 Å². The zero-order chi connectivity index (χ0) is 14.8. The number of aromatic amines is 1. The van der Waals surface area contributed by atoms with Gasteiger partial charge in [0.05, 0.1) is 19.6 Å². The smallest absolute Gasteiger partial charge is 0.230 e. The SMILES string of the molecule is O=C(Cc1cc(F)ccc1Br)Nc1n[nH]c2c1COCC2. The maximum absolute atomic E-state index is 13.2. The number of ether oxygens (including phenoxy) is 1. The molecule has 7 heteroatoms. The molecule has 110 valence electrons. The number of carbonyl (C=O) groups excluding carboxylic acids is 1. The zero-order valence-corrected chi connectivity index (χ0v) is 12.7. The van der Waals surface area contributed by atoms with E-state index >= 15 is 0 Å². The molecule has 1 aliphatic heterocycles. The van der Waals surface area contributed by atoms with E-state index in [2.05, 4.69) is 31.4 Å². The van der Waals surface area contributed by atoms with Crippen molar-refractivity contribution in [1.82, 2.24) is 10.2 Å². The summed E-state index contributed by atoms with van der Waals surface area (Å²) in [7, 11) is 0. The van der Waals surface area contributed by atoms with Crippen LogP contribution < -0.4 is 5.32 Å². The molecule has 2 aromatic rings. The van der Waals surface area contributed by atoms with Crippen molar-refractivity contribution in [1.29, 1.82) is 0 Å². The Labute approximate surface area is 129 Å². The fourth-order valence-corrected chi connectivity index (χ4v) is 2.63. The van der Waals surface area contributed by atoms with Gasteiger partial charge in [0, 0.05) is 22.2 Å². The van der Waals surface area contributed by atoms with Crippen molar-refractivity contribution in [2.75, 3.05) is 11.9 Å². The van der Waals surface area contributed by atoms with Gasteiger partial charge >= 0.3 is 0 Å². The molecule has 0 spiro atoms. The van der Waals surface area contributed by atoms with Crippen LogP contribution in [-0.4, -0.2) is 22.7 Å². The lowest BCUT2D eigenvalue weighted by Gasteiger charge is -2.12. The average molecular weight is 354 g/mol. The molecule has 0 atom stereocenters. The van der Waals surface area contributed by atoms with E-state index in [1.54, 1.807) is 6.07 Å². The van der Waals surface area contributed by atoms with Gasteiger partial charge in [0.2, 0.25) is 5.91 Å². The first-order valence-corrected chi connectivity index (χ1v) is 7.30.